The molecule has 1 N–H and O–H groups in total. The highest BCUT2D eigenvalue weighted by Crippen LogP contribution is 2.57. The van der Waals surface area contributed by atoms with E-state index < -0.39 is 16.4 Å². The van der Waals surface area contributed by atoms with Gasteiger partial charge in [-0.05, 0) is 30.5 Å². The van der Waals surface area contributed by atoms with Crippen molar-refractivity contribution in [3.63, 3.8) is 0 Å². The molecule has 2 rings (SSSR count). The smallest absolute Gasteiger partial charge is 0.389 e. The van der Waals surface area contributed by atoms with Gasteiger partial charge in [0.1, 0.15) is 0 Å². The summed E-state index contributed by atoms with van der Waals surface area (Å²) in [7, 11) is 0. The standard InChI is InChI=1S/C13H13F3OS2/c1-9-2-4-11(5-3-9)19-12(13(14,15)16)8-10(17)6-7-18-12/h2-7,10,17H,8H2,1H3/t10-,12-/m0/s1. The van der Waals surface area contributed by atoms with E-state index in [2.05, 4.69) is 0 Å². The molecule has 104 valence electrons. The third-order valence-electron chi connectivity index (χ3n) is 2.77. The van der Waals surface area contributed by atoms with Gasteiger partial charge in [-0.25, -0.2) is 0 Å². The molecule has 0 saturated carbocycles. The van der Waals surface area contributed by atoms with Crippen molar-refractivity contribution in [2.24, 2.45) is 0 Å². The Morgan fingerprint density at radius 3 is 2.47 bits per heavy atom. The maximum atomic E-state index is 13.3. The lowest BCUT2D eigenvalue weighted by molar-refractivity contribution is -0.142. The summed E-state index contributed by atoms with van der Waals surface area (Å²) in [6.07, 6.45) is -4.39. The fourth-order valence-corrected chi connectivity index (χ4v) is 4.29. The predicted octanol–water partition coefficient (Wildman–Crippen LogP) is 4.36. The lowest BCUT2D eigenvalue weighted by Crippen LogP contribution is -2.42. The van der Waals surface area contributed by atoms with E-state index in [0.29, 0.717) is 4.90 Å². The Labute approximate surface area is 118 Å². The maximum absolute atomic E-state index is 13.3. The van der Waals surface area contributed by atoms with Crippen molar-refractivity contribution in [1.82, 2.24) is 0 Å². The molecule has 19 heavy (non-hydrogen) atoms. The summed E-state index contributed by atoms with van der Waals surface area (Å²) < 4.78 is 38.0. The Morgan fingerprint density at radius 1 is 1.32 bits per heavy atom. The van der Waals surface area contributed by atoms with Gasteiger partial charge in [0.2, 0.25) is 0 Å². The normalized spacial score (nSPS) is 27.5. The van der Waals surface area contributed by atoms with Crippen LogP contribution in [0.5, 0.6) is 0 Å². The van der Waals surface area contributed by atoms with Crippen LogP contribution >= 0.6 is 23.5 Å². The van der Waals surface area contributed by atoms with Crippen LogP contribution < -0.4 is 0 Å². The average molecular weight is 306 g/mol. The van der Waals surface area contributed by atoms with Crippen molar-refractivity contribution >= 4 is 23.5 Å². The van der Waals surface area contributed by atoms with Gasteiger partial charge < -0.3 is 5.11 Å². The third-order valence-corrected chi connectivity index (χ3v) is 5.62. The Balaban J connectivity index is 2.29. The summed E-state index contributed by atoms with van der Waals surface area (Å²) in [5, 5.41) is 10.9. The topological polar surface area (TPSA) is 20.2 Å². The second kappa shape index (κ2) is 5.42. The summed E-state index contributed by atoms with van der Waals surface area (Å²) in [6.45, 7) is 1.88. The number of aryl methyl sites for hydroxylation is 1. The minimum absolute atomic E-state index is 0.337. The van der Waals surface area contributed by atoms with Crippen LogP contribution in [-0.4, -0.2) is 21.5 Å². The number of halogens is 3. The molecule has 0 spiro atoms. The number of hydrogen-bond acceptors (Lipinski definition) is 3. The second-order valence-electron chi connectivity index (χ2n) is 4.38. The van der Waals surface area contributed by atoms with Crippen molar-refractivity contribution < 1.29 is 18.3 Å². The Bertz CT molecular complexity index is 470. The Kier molecular flexibility index (Phi) is 4.23. The molecule has 1 aliphatic heterocycles. The molecule has 6 heteroatoms. The SMILES string of the molecule is Cc1ccc(S[C@]2(C(F)(F)F)C[C@@H](O)C=CS2)cc1. The lowest BCUT2D eigenvalue weighted by Gasteiger charge is -2.36. The summed E-state index contributed by atoms with van der Waals surface area (Å²) >= 11 is 1.48. The summed E-state index contributed by atoms with van der Waals surface area (Å²) in [5.74, 6) is 0. The van der Waals surface area contributed by atoms with Gasteiger partial charge in [0.25, 0.3) is 0 Å². The van der Waals surface area contributed by atoms with Crippen molar-refractivity contribution in [3.8, 4) is 0 Å². The molecule has 1 nitrogen and oxygen atoms in total. The number of aliphatic hydroxyl groups is 1. The van der Waals surface area contributed by atoms with Crippen LogP contribution in [0.25, 0.3) is 0 Å². The van der Waals surface area contributed by atoms with Crippen LogP contribution in [0.15, 0.2) is 40.6 Å². The zero-order valence-corrected chi connectivity index (χ0v) is 11.8. The second-order valence-corrected chi connectivity index (χ2v) is 7.22. The fraction of sp³-hybridized carbons (Fsp3) is 0.385. The van der Waals surface area contributed by atoms with E-state index in [9.17, 15) is 18.3 Å². The molecule has 0 radical (unpaired) electrons. The first-order valence-corrected chi connectivity index (χ1v) is 7.37. The highest BCUT2D eigenvalue weighted by Gasteiger charge is 2.57. The van der Waals surface area contributed by atoms with Gasteiger partial charge in [-0.3, -0.25) is 0 Å². The number of thioether (sulfide) groups is 2. The third kappa shape index (κ3) is 3.30. The Morgan fingerprint density at radius 2 is 1.95 bits per heavy atom. The van der Waals surface area contributed by atoms with Gasteiger partial charge >= 0.3 is 6.18 Å². The van der Waals surface area contributed by atoms with Crippen molar-refractivity contribution in [2.45, 2.75) is 34.6 Å². The first kappa shape index (κ1) is 14.8. The number of benzene rings is 1. The van der Waals surface area contributed by atoms with E-state index >= 15 is 0 Å². The summed E-state index contributed by atoms with van der Waals surface area (Å²) in [5.41, 5.74) is 1.00. The number of alkyl halides is 3. The quantitative estimate of drug-likeness (QED) is 0.877. The van der Waals surface area contributed by atoms with Gasteiger partial charge in [-0.15, -0.1) is 11.8 Å². The van der Waals surface area contributed by atoms with E-state index in [1.54, 1.807) is 24.3 Å². The lowest BCUT2D eigenvalue weighted by atomic mass is 10.1. The van der Waals surface area contributed by atoms with Crippen LogP contribution in [0.3, 0.4) is 0 Å². The molecule has 0 bridgehead atoms. The molecule has 1 aliphatic rings. The van der Waals surface area contributed by atoms with Crippen LogP contribution in [0, 0.1) is 6.92 Å². The van der Waals surface area contributed by atoms with E-state index in [1.165, 1.54) is 11.5 Å². The molecule has 0 aromatic heterocycles. The predicted molar refractivity (Wildman–Crippen MR) is 73.2 cm³/mol. The molecule has 2 atom stereocenters. The van der Waals surface area contributed by atoms with Crippen molar-refractivity contribution in [1.29, 1.82) is 0 Å². The van der Waals surface area contributed by atoms with Crippen molar-refractivity contribution in [3.05, 3.63) is 41.3 Å². The molecule has 0 amide bonds. The first-order chi connectivity index (χ1) is 8.82. The van der Waals surface area contributed by atoms with Crippen LogP contribution in [0.1, 0.15) is 12.0 Å². The van der Waals surface area contributed by atoms with Crippen LogP contribution in [-0.2, 0) is 0 Å². The monoisotopic (exact) mass is 306 g/mol. The molecular weight excluding hydrogens is 293 g/mol. The fourth-order valence-electron chi connectivity index (χ4n) is 1.73. The van der Waals surface area contributed by atoms with Crippen LogP contribution in [0.4, 0.5) is 13.2 Å². The van der Waals surface area contributed by atoms with Gasteiger partial charge in [0, 0.05) is 11.3 Å². The van der Waals surface area contributed by atoms with E-state index in [-0.39, 0.29) is 6.42 Å². The molecule has 1 aromatic carbocycles. The van der Waals surface area contributed by atoms with Crippen LogP contribution in [0.2, 0.25) is 0 Å². The first-order valence-electron chi connectivity index (χ1n) is 5.67. The number of aliphatic hydroxyl groups excluding tert-OH is 1. The highest BCUT2D eigenvalue weighted by molar-refractivity contribution is 8.19. The summed E-state index contributed by atoms with van der Waals surface area (Å²) in [4.78, 5) is 0.554. The van der Waals surface area contributed by atoms with Gasteiger partial charge in [0.15, 0.2) is 4.08 Å². The Hall–Kier alpha value is -0.590. The largest absolute Gasteiger partial charge is 0.413 e. The maximum Gasteiger partial charge on any atom is 0.413 e. The number of hydrogen-bond donors (Lipinski definition) is 1. The van der Waals surface area contributed by atoms with Gasteiger partial charge in [0.05, 0.1) is 6.10 Å². The van der Waals surface area contributed by atoms with Gasteiger partial charge in [-0.2, -0.15) is 13.2 Å². The van der Waals surface area contributed by atoms with E-state index in [1.807, 2.05) is 6.92 Å². The van der Waals surface area contributed by atoms with E-state index in [0.717, 1.165) is 29.1 Å². The summed E-state index contributed by atoms with van der Waals surface area (Å²) in [6, 6.07) is 6.93. The minimum atomic E-state index is -4.39. The molecule has 0 fully saturated rings. The average Bonchev–Trinajstić information content (AvgIpc) is 2.31. The highest BCUT2D eigenvalue weighted by atomic mass is 32.2. The van der Waals surface area contributed by atoms with Crippen molar-refractivity contribution in [2.75, 3.05) is 0 Å². The minimum Gasteiger partial charge on any atom is -0.389 e. The molecule has 0 aliphatic carbocycles. The molecule has 0 saturated heterocycles. The molecule has 1 heterocycles. The molecule has 1 aromatic rings. The number of rotatable bonds is 2. The molecule has 0 unspecified atom stereocenters. The zero-order valence-electron chi connectivity index (χ0n) is 10.1. The van der Waals surface area contributed by atoms with Gasteiger partial charge in [-0.1, -0.05) is 29.5 Å². The zero-order chi connectivity index (χ0) is 14.1. The molecular formula is C13H13F3OS2. The van der Waals surface area contributed by atoms with E-state index in [4.69, 9.17) is 0 Å².